The van der Waals surface area contributed by atoms with Crippen molar-refractivity contribution >= 4 is 34.8 Å². The van der Waals surface area contributed by atoms with E-state index in [1.54, 1.807) is 14.2 Å². The molecular weight excluding hydrogens is 509 g/mol. The van der Waals surface area contributed by atoms with Gasteiger partial charge in [0.25, 0.3) is 0 Å². The minimum absolute atomic E-state index is 0.248. The highest BCUT2D eigenvalue weighted by molar-refractivity contribution is 7.65. The number of ether oxygens (including phenoxy) is 2. The van der Waals surface area contributed by atoms with Crippen LogP contribution in [0.25, 0.3) is 32.7 Å². The second kappa shape index (κ2) is 10.4. The normalized spacial score (nSPS) is 16.2. The summed E-state index contributed by atoms with van der Waals surface area (Å²) in [5.74, 6) is 1.70. The van der Waals surface area contributed by atoms with E-state index in [2.05, 4.69) is 97.1 Å². The van der Waals surface area contributed by atoms with Gasteiger partial charge in [-0.15, -0.1) is 0 Å². The first-order valence-corrected chi connectivity index (χ1v) is 15.3. The lowest BCUT2D eigenvalue weighted by atomic mass is 9.86. The van der Waals surface area contributed by atoms with Crippen LogP contribution >= 0.6 is 7.92 Å². The highest BCUT2D eigenvalue weighted by atomic mass is 31.1. The van der Waals surface area contributed by atoms with Gasteiger partial charge in [0.2, 0.25) is 0 Å². The van der Waals surface area contributed by atoms with Crippen molar-refractivity contribution in [1.82, 2.24) is 4.98 Å². The molecule has 1 unspecified atom stereocenters. The van der Waals surface area contributed by atoms with Gasteiger partial charge in [-0.1, -0.05) is 86.8 Å². The molecule has 3 nitrogen and oxygen atoms in total. The van der Waals surface area contributed by atoms with Crippen LogP contribution in [0.5, 0.6) is 11.5 Å². The van der Waals surface area contributed by atoms with Gasteiger partial charge >= 0.3 is 0 Å². The van der Waals surface area contributed by atoms with Gasteiger partial charge in [-0.2, -0.15) is 0 Å². The number of aromatic nitrogens is 1. The van der Waals surface area contributed by atoms with Gasteiger partial charge in [-0.05, 0) is 74.2 Å². The Kier molecular flexibility index (Phi) is 6.46. The fourth-order valence-electron chi connectivity index (χ4n) is 6.26. The molecule has 5 aromatic carbocycles. The number of benzene rings is 5. The van der Waals surface area contributed by atoms with Crippen molar-refractivity contribution in [3.05, 3.63) is 132 Å². The molecule has 0 bridgehead atoms. The van der Waals surface area contributed by atoms with Crippen LogP contribution in [0.1, 0.15) is 22.5 Å². The molecule has 196 valence electrons. The summed E-state index contributed by atoms with van der Waals surface area (Å²) in [5.41, 5.74) is 6.88. The van der Waals surface area contributed by atoms with Crippen molar-refractivity contribution in [2.24, 2.45) is 0 Å². The Labute approximate surface area is 236 Å². The Morgan fingerprint density at radius 3 is 2.17 bits per heavy atom. The Hall–Kier alpha value is -4.20. The molecule has 0 fully saturated rings. The number of nitrogens with zero attached hydrogens (tertiary/aromatic N) is 1. The smallest absolute Gasteiger partial charge is 0.130 e. The number of methoxy groups -OCH3 is 2. The maximum Gasteiger partial charge on any atom is 0.130 e. The van der Waals surface area contributed by atoms with Crippen molar-refractivity contribution in [1.29, 1.82) is 0 Å². The summed E-state index contributed by atoms with van der Waals surface area (Å²) in [6.45, 7) is 0. The van der Waals surface area contributed by atoms with E-state index >= 15 is 0 Å². The fraction of sp³-hybridized carbons (Fsp3) is 0.139. The largest absolute Gasteiger partial charge is 0.497 e. The Morgan fingerprint density at radius 2 is 1.45 bits per heavy atom. The van der Waals surface area contributed by atoms with Gasteiger partial charge in [-0.25, -0.2) is 0 Å². The Morgan fingerprint density at radius 1 is 0.725 bits per heavy atom. The van der Waals surface area contributed by atoms with Crippen molar-refractivity contribution in [3.63, 3.8) is 0 Å². The molecule has 7 rings (SSSR count). The van der Waals surface area contributed by atoms with E-state index in [4.69, 9.17) is 14.5 Å². The molecule has 2 atom stereocenters. The van der Waals surface area contributed by atoms with Gasteiger partial charge < -0.3 is 9.47 Å². The maximum atomic E-state index is 6.02. The van der Waals surface area contributed by atoms with Crippen LogP contribution in [0, 0.1) is 0 Å². The van der Waals surface area contributed by atoms with Crippen LogP contribution in [0.2, 0.25) is 0 Å². The number of hydrogen-bond acceptors (Lipinski definition) is 3. The summed E-state index contributed by atoms with van der Waals surface area (Å²) in [5, 5.41) is 6.42. The summed E-state index contributed by atoms with van der Waals surface area (Å²) >= 11 is 0. The van der Waals surface area contributed by atoms with E-state index in [-0.39, 0.29) is 5.66 Å². The maximum absolute atomic E-state index is 6.02. The topological polar surface area (TPSA) is 31.4 Å². The molecule has 1 aliphatic rings. The molecule has 0 spiro atoms. The molecular formula is C36H30NO2P. The van der Waals surface area contributed by atoms with E-state index in [0.29, 0.717) is 0 Å². The molecule has 0 radical (unpaired) electrons. The summed E-state index contributed by atoms with van der Waals surface area (Å²) in [6, 6.07) is 39.5. The molecule has 1 aromatic heterocycles. The van der Waals surface area contributed by atoms with Crippen molar-refractivity contribution in [2.45, 2.75) is 18.2 Å². The minimum atomic E-state index is -0.729. The fourth-order valence-corrected chi connectivity index (χ4v) is 9.28. The zero-order valence-corrected chi connectivity index (χ0v) is 23.6. The lowest BCUT2D eigenvalue weighted by molar-refractivity contribution is 0.396. The standard InChI is InChI=1S/C36H30NO2P/c1-38-28-17-19-33(32(22-28)39-2)40-23-26-15-14-24-9-3-5-12-29(24)35(26)36-30-13-6-4-10-25(30)16-18-31(36)34(40)21-27-11-7-8-20-37-27/h3-20,22,34H,21,23H2,1-2H3/t34-,40?/m1/s1. The molecule has 6 aromatic rings. The van der Waals surface area contributed by atoms with Crippen molar-refractivity contribution in [2.75, 3.05) is 14.2 Å². The summed E-state index contributed by atoms with van der Waals surface area (Å²) in [6.07, 6.45) is 3.73. The first kappa shape index (κ1) is 24.8. The summed E-state index contributed by atoms with van der Waals surface area (Å²) in [7, 11) is 2.74. The monoisotopic (exact) mass is 539 g/mol. The highest BCUT2D eigenvalue weighted by Gasteiger charge is 2.35. The van der Waals surface area contributed by atoms with Crippen molar-refractivity contribution in [3.8, 4) is 22.6 Å². The van der Waals surface area contributed by atoms with Crippen LogP contribution < -0.4 is 14.8 Å². The first-order chi connectivity index (χ1) is 19.7. The Balaban J connectivity index is 1.57. The quantitative estimate of drug-likeness (QED) is 0.205. The molecule has 0 N–H and O–H groups in total. The molecule has 1 aliphatic heterocycles. The number of pyridine rings is 1. The number of fused-ring (bicyclic) bond motifs is 7. The number of hydrogen-bond donors (Lipinski definition) is 0. The Bertz CT molecular complexity index is 1850. The third-order valence-electron chi connectivity index (χ3n) is 8.13. The molecule has 2 heterocycles. The average molecular weight is 540 g/mol. The van der Waals surface area contributed by atoms with Gasteiger partial charge in [-0.3, -0.25) is 4.98 Å². The number of rotatable bonds is 5. The molecule has 0 saturated carbocycles. The van der Waals surface area contributed by atoms with Crippen LogP contribution in [0.15, 0.2) is 115 Å². The lowest BCUT2D eigenvalue weighted by Gasteiger charge is -2.29. The third-order valence-corrected chi connectivity index (χ3v) is 11.0. The van der Waals surface area contributed by atoms with E-state index in [1.807, 2.05) is 18.3 Å². The average Bonchev–Trinajstić information content (AvgIpc) is 3.16. The van der Waals surface area contributed by atoms with Crippen molar-refractivity contribution < 1.29 is 9.47 Å². The van der Waals surface area contributed by atoms with Crippen LogP contribution in [0.4, 0.5) is 0 Å². The van der Waals surface area contributed by atoms with E-state index in [1.165, 1.54) is 49.1 Å². The molecule has 4 heteroatoms. The SMILES string of the molecule is COc1ccc(P2Cc3ccc4ccccc4c3-c3c(ccc4ccccc34)[C@H]2Cc2ccccn2)c(OC)c1. The highest BCUT2D eigenvalue weighted by Crippen LogP contribution is 2.61. The predicted octanol–water partition coefficient (Wildman–Crippen LogP) is 8.68. The van der Waals surface area contributed by atoms with Crippen LogP contribution in [-0.2, 0) is 12.6 Å². The summed E-state index contributed by atoms with van der Waals surface area (Å²) < 4.78 is 11.6. The van der Waals surface area contributed by atoms with Crippen LogP contribution in [0.3, 0.4) is 0 Å². The van der Waals surface area contributed by atoms with Gasteiger partial charge in [0, 0.05) is 35.3 Å². The molecule has 0 amide bonds. The third kappa shape index (κ3) is 4.22. The zero-order valence-electron chi connectivity index (χ0n) is 22.7. The predicted molar refractivity (Wildman–Crippen MR) is 167 cm³/mol. The zero-order chi connectivity index (χ0) is 27.1. The van der Waals surface area contributed by atoms with Gasteiger partial charge in [0.1, 0.15) is 11.5 Å². The molecule has 40 heavy (non-hydrogen) atoms. The second-order valence-electron chi connectivity index (χ2n) is 10.3. The van der Waals surface area contributed by atoms with Crippen LogP contribution in [-0.4, -0.2) is 19.2 Å². The van der Waals surface area contributed by atoms with E-state index in [0.717, 1.165) is 29.8 Å². The first-order valence-electron chi connectivity index (χ1n) is 13.7. The van der Waals surface area contributed by atoms with Gasteiger partial charge in [0.05, 0.1) is 14.2 Å². The summed E-state index contributed by atoms with van der Waals surface area (Å²) in [4.78, 5) is 4.79. The van der Waals surface area contributed by atoms with Gasteiger partial charge in [0.15, 0.2) is 0 Å². The molecule has 0 saturated heterocycles. The molecule has 0 aliphatic carbocycles. The van der Waals surface area contributed by atoms with E-state index in [9.17, 15) is 0 Å². The second-order valence-corrected chi connectivity index (χ2v) is 12.6. The lowest BCUT2D eigenvalue weighted by Crippen LogP contribution is -2.14. The van der Waals surface area contributed by atoms with E-state index < -0.39 is 7.92 Å². The minimum Gasteiger partial charge on any atom is -0.497 e.